The highest BCUT2D eigenvalue weighted by molar-refractivity contribution is 7.98. The number of nitrogens with zero attached hydrogens (tertiary/aromatic N) is 1. The molecule has 0 atom stereocenters. The van der Waals surface area contributed by atoms with Crippen molar-refractivity contribution in [3.05, 3.63) is 0 Å². The third kappa shape index (κ3) is 10.1. The quantitative estimate of drug-likeness (QED) is 0.613. The zero-order valence-electron chi connectivity index (χ0n) is 10.2. The van der Waals surface area contributed by atoms with E-state index < -0.39 is 0 Å². The molecule has 0 aliphatic heterocycles. The predicted octanol–water partition coefficient (Wildman–Crippen LogP) is 1.59. The van der Waals surface area contributed by atoms with Crippen LogP contribution < -0.4 is 5.32 Å². The zero-order chi connectivity index (χ0) is 11.5. The van der Waals surface area contributed by atoms with Gasteiger partial charge in [0, 0.05) is 27.1 Å². The van der Waals surface area contributed by atoms with Gasteiger partial charge in [-0.05, 0) is 31.4 Å². The van der Waals surface area contributed by atoms with Gasteiger partial charge in [-0.15, -0.1) is 0 Å². The average Bonchev–Trinajstić information content (AvgIpc) is 2.21. The lowest BCUT2D eigenvalue weighted by Crippen LogP contribution is -2.27. The molecule has 0 saturated carbocycles. The fourth-order valence-electron chi connectivity index (χ4n) is 1.22. The van der Waals surface area contributed by atoms with Crippen molar-refractivity contribution in [1.82, 2.24) is 10.2 Å². The van der Waals surface area contributed by atoms with E-state index in [9.17, 15) is 4.79 Å². The highest BCUT2D eigenvalue weighted by atomic mass is 32.2. The number of amides is 1. The summed E-state index contributed by atoms with van der Waals surface area (Å²) in [7, 11) is 3.59. The monoisotopic (exact) mass is 232 g/mol. The minimum atomic E-state index is 0.199. The molecule has 1 amide bonds. The Balaban J connectivity index is 3.08. The van der Waals surface area contributed by atoms with Gasteiger partial charge in [-0.2, -0.15) is 11.8 Å². The van der Waals surface area contributed by atoms with Crippen LogP contribution in [-0.2, 0) is 4.79 Å². The number of carbonyl (C=O) groups excluding carboxylic acids is 1. The molecule has 1 N–H and O–H groups in total. The van der Waals surface area contributed by atoms with Gasteiger partial charge in [0.2, 0.25) is 5.91 Å². The number of nitrogens with one attached hydrogen (secondary N) is 1. The number of hydrogen-bond donors (Lipinski definition) is 1. The van der Waals surface area contributed by atoms with Crippen LogP contribution in [0.3, 0.4) is 0 Å². The maximum Gasteiger partial charge on any atom is 0.223 e. The molecule has 15 heavy (non-hydrogen) atoms. The first kappa shape index (κ1) is 14.8. The Labute approximate surface area is 98.0 Å². The number of thioether (sulfide) groups is 1. The summed E-state index contributed by atoms with van der Waals surface area (Å²) in [5, 5.41) is 3.29. The number of hydrogen-bond acceptors (Lipinski definition) is 3. The Kier molecular flexibility index (Phi) is 10.2. The summed E-state index contributed by atoms with van der Waals surface area (Å²) >= 11 is 1.91. The molecule has 0 aliphatic carbocycles. The van der Waals surface area contributed by atoms with Gasteiger partial charge in [0.15, 0.2) is 0 Å². The first-order valence-electron chi connectivity index (χ1n) is 5.58. The lowest BCUT2D eigenvalue weighted by molar-refractivity contribution is -0.128. The Morgan fingerprint density at radius 2 is 1.93 bits per heavy atom. The van der Waals surface area contributed by atoms with Crippen LogP contribution in [0.5, 0.6) is 0 Å². The van der Waals surface area contributed by atoms with Gasteiger partial charge in [0.05, 0.1) is 0 Å². The van der Waals surface area contributed by atoms with E-state index in [1.54, 1.807) is 19.0 Å². The second-order valence-corrected chi connectivity index (χ2v) is 4.83. The van der Waals surface area contributed by atoms with Gasteiger partial charge in [0.1, 0.15) is 0 Å². The standard InChI is InChI=1S/C11H24N2OS/c1-13(2)11(14)7-9-12-8-5-4-6-10-15-3/h12H,4-10H2,1-3H3. The molecule has 0 radical (unpaired) electrons. The van der Waals surface area contributed by atoms with E-state index >= 15 is 0 Å². The molecule has 0 aliphatic rings. The summed E-state index contributed by atoms with van der Waals surface area (Å²) in [4.78, 5) is 12.8. The Morgan fingerprint density at radius 3 is 2.53 bits per heavy atom. The van der Waals surface area contributed by atoms with E-state index in [2.05, 4.69) is 11.6 Å². The van der Waals surface area contributed by atoms with E-state index in [-0.39, 0.29) is 5.91 Å². The minimum absolute atomic E-state index is 0.199. The Hall–Kier alpha value is -0.220. The number of unbranched alkanes of at least 4 members (excludes halogenated alkanes) is 2. The first-order valence-corrected chi connectivity index (χ1v) is 6.97. The van der Waals surface area contributed by atoms with Crippen LogP contribution in [0.2, 0.25) is 0 Å². The maximum atomic E-state index is 11.2. The average molecular weight is 232 g/mol. The lowest BCUT2D eigenvalue weighted by atomic mass is 10.2. The van der Waals surface area contributed by atoms with Crippen molar-refractivity contribution in [3.8, 4) is 0 Å². The molecular weight excluding hydrogens is 208 g/mol. The van der Waals surface area contributed by atoms with Crippen LogP contribution >= 0.6 is 11.8 Å². The third-order valence-electron chi connectivity index (χ3n) is 2.22. The fraction of sp³-hybridized carbons (Fsp3) is 0.909. The molecule has 0 saturated heterocycles. The van der Waals surface area contributed by atoms with Gasteiger partial charge in [-0.1, -0.05) is 6.42 Å². The Bertz CT molecular complexity index is 163. The zero-order valence-corrected chi connectivity index (χ0v) is 11.0. The van der Waals surface area contributed by atoms with E-state index in [1.165, 1.54) is 25.0 Å². The Morgan fingerprint density at radius 1 is 1.20 bits per heavy atom. The smallest absolute Gasteiger partial charge is 0.223 e. The molecule has 4 heteroatoms. The maximum absolute atomic E-state index is 11.2. The molecule has 0 aromatic carbocycles. The largest absolute Gasteiger partial charge is 0.349 e. The first-order chi connectivity index (χ1) is 7.18. The highest BCUT2D eigenvalue weighted by Crippen LogP contribution is 2.01. The highest BCUT2D eigenvalue weighted by Gasteiger charge is 2.01. The predicted molar refractivity (Wildman–Crippen MR) is 68.4 cm³/mol. The molecular formula is C11H24N2OS. The number of carbonyl (C=O) groups is 1. The second-order valence-electron chi connectivity index (χ2n) is 3.84. The van der Waals surface area contributed by atoms with Crippen LogP contribution in [0, 0.1) is 0 Å². The molecule has 0 unspecified atom stereocenters. The number of rotatable bonds is 9. The third-order valence-corrected chi connectivity index (χ3v) is 2.91. The van der Waals surface area contributed by atoms with Crippen molar-refractivity contribution in [3.63, 3.8) is 0 Å². The second kappa shape index (κ2) is 10.3. The normalized spacial score (nSPS) is 10.3. The molecule has 0 aromatic heterocycles. The van der Waals surface area contributed by atoms with Crippen molar-refractivity contribution >= 4 is 17.7 Å². The van der Waals surface area contributed by atoms with Gasteiger partial charge in [0.25, 0.3) is 0 Å². The van der Waals surface area contributed by atoms with Crippen molar-refractivity contribution < 1.29 is 4.79 Å². The summed E-state index contributed by atoms with van der Waals surface area (Å²) < 4.78 is 0. The van der Waals surface area contributed by atoms with Gasteiger partial charge in [-0.25, -0.2) is 0 Å². The summed E-state index contributed by atoms with van der Waals surface area (Å²) in [5.41, 5.74) is 0. The summed E-state index contributed by atoms with van der Waals surface area (Å²) in [5.74, 6) is 1.46. The van der Waals surface area contributed by atoms with Crippen molar-refractivity contribution in [2.75, 3.05) is 39.2 Å². The van der Waals surface area contributed by atoms with Crippen molar-refractivity contribution in [2.45, 2.75) is 25.7 Å². The molecule has 0 rings (SSSR count). The van der Waals surface area contributed by atoms with Crippen LogP contribution in [-0.4, -0.2) is 50.0 Å². The van der Waals surface area contributed by atoms with Gasteiger partial charge < -0.3 is 10.2 Å². The van der Waals surface area contributed by atoms with Crippen molar-refractivity contribution in [1.29, 1.82) is 0 Å². The molecule has 0 bridgehead atoms. The molecule has 0 spiro atoms. The van der Waals surface area contributed by atoms with Crippen molar-refractivity contribution in [2.24, 2.45) is 0 Å². The van der Waals surface area contributed by atoms with E-state index in [0.29, 0.717) is 6.42 Å². The van der Waals surface area contributed by atoms with E-state index in [1.807, 2.05) is 11.8 Å². The fourth-order valence-corrected chi connectivity index (χ4v) is 1.71. The molecule has 0 aromatic rings. The lowest BCUT2D eigenvalue weighted by Gasteiger charge is -2.10. The molecule has 0 heterocycles. The van der Waals surface area contributed by atoms with E-state index in [0.717, 1.165) is 13.1 Å². The van der Waals surface area contributed by atoms with Gasteiger partial charge in [-0.3, -0.25) is 4.79 Å². The summed E-state index contributed by atoms with van der Waals surface area (Å²) in [6, 6.07) is 0. The summed E-state index contributed by atoms with van der Waals surface area (Å²) in [6.07, 6.45) is 6.56. The van der Waals surface area contributed by atoms with E-state index in [4.69, 9.17) is 0 Å². The van der Waals surface area contributed by atoms with Crippen LogP contribution in [0.15, 0.2) is 0 Å². The molecule has 3 nitrogen and oxygen atoms in total. The molecule has 90 valence electrons. The van der Waals surface area contributed by atoms with Crippen LogP contribution in [0.1, 0.15) is 25.7 Å². The topological polar surface area (TPSA) is 32.3 Å². The van der Waals surface area contributed by atoms with Crippen LogP contribution in [0.25, 0.3) is 0 Å². The SMILES string of the molecule is CSCCCCCNCCC(=O)N(C)C. The van der Waals surface area contributed by atoms with Crippen LogP contribution in [0.4, 0.5) is 0 Å². The van der Waals surface area contributed by atoms with Gasteiger partial charge >= 0.3 is 0 Å². The minimum Gasteiger partial charge on any atom is -0.349 e. The summed E-state index contributed by atoms with van der Waals surface area (Å²) in [6.45, 7) is 1.84. The molecule has 0 fully saturated rings.